The molecule has 0 fully saturated rings. The number of fused-ring (bicyclic) bond motifs is 3. The average molecular weight is 486 g/mol. The molecule has 2 atom stereocenters. The number of rotatable bonds is 7. The zero-order valence-corrected chi connectivity index (χ0v) is 20.6. The fraction of sp³-hybridized carbons (Fsp3) is 0.250. The number of anilines is 1. The van der Waals surface area contributed by atoms with E-state index in [4.69, 9.17) is 9.72 Å². The maximum absolute atomic E-state index is 14.0. The van der Waals surface area contributed by atoms with E-state index in [0.717, 1.165) is 27.1 Å². The maximum Gasteiger partial charge on any atom is 0.321 e. The van der Waals surface area contributed by atoms with Gasteiger partial charge in [-0.15, -0.1) is 11.8 Å². The molecule has 2 heterocycles. The number of thioether (sulfide) groups is 1. The molecule has 0 radical (unpaired) electrons. The molecule has 7 heteroatoms. The topological polar surface area (TPSA) is 64.4 Å². The summed E-state index contributed by atoms with van der Waals surface area (Å²) in [6.07, 6.45) is 2.67. The van der Waals surface area contributed by atoms with E-state index in [0.29, 0.717) is 18.9 Å². The maximum atomic E-state index is 14.0. The fourth-order valence-electron chi connectivity index (χ4n) is 4.75. The van der Waals surface area contributed by atoms with Crippen molar-refractivity contribution in [1.82, 2.24) is 9.55 Å². The number of nitrogens with zero attached hydrogens (tertiary/aromatic N) is 3. The number of carbonyl (C=O) groups is 2. The van der Waals surface area contributed by atoms with Crippen LogP contribution in [0.4, 0.5) is 5.95 Å². The smallest absolute Gasteiger partial charge is 0.321 e. The minimum atomic E-state index is -1.00. The first-order valence-electron chi connectivity index (χ1n) is 11.7. The highest BCUT2D eigenvalue weighted by Crippen LogP contribution is 2.41. The Kier molecular flexibility index (Phi) is 6.59. The lowest BCUT2D eigenvalue weighted by Gasteiger charge is -2.38. The second-order valence-electron chi connectivity index (χ2n) is 8.44. The molecular weight excluding hydrogens is 458 g/mol. The van der Waals surface area contributed by atoms with Crippen LogP contribution in [0.2, 0.25) is 0 Å². The number of hydrogen-bond acceptors (Lipinski definition) is 5. The molecule has 1 amide bonds. The Morgan fingerprint density at radius 1 is 1.00 bits per heavy atom. The molecular formula is C28H27N3O3S. The monoisotopic (exact) mass is 485 g/mol. The van der Waals surface area contributed by atoms with Crippen molar-refractivity contribution in [3.63, 3.8) is 0 Å². The van der Waals surface area contributed by atoms with Gasteiger partial charge >= 0.3 is 5.97 Å². The van der Waals surface area contributed by atoms with Crippen molar-refractivity contribution < 1.29 is 14.3 Å². The van der Waals surface area contributed by atoms with Crippen LogP contribution in [-0.2, 0) is 20.7 Å². The highest BCUT2D eigenvalue weighted by Gasteiger charge is 2.47. The Morgan fingerprint density at radius 2 is 1.71 bits per heavy atom. The first kappa shape index (κ1) is 23.2. The molecule has 0 unspecified atom stereocenters. The minimum absolute atomic E-state index is 0.211. The molecule has 0 N–H and O–H groups in total. The first-order chi connectivity index (χ1) is 17.1. The highest BCUT2D eigenvalue weighted by atomic mass is 32.2. The Balaban J connectivity index is 1.67. The Hall–Kier alpha value is -3.58. The van der Waals surface area contributed by atoms with Gasteiger partial charge in [0.1, 0.15) is 0 Å². The summed E-state index contributed by atoms with van der Waals surface area (Å²) in [5, 5.41) is 0. The predicted octanol–water partition coefficient (Wildman–Crippen LogP) is 5.12. The van der Waals surface area contributed by atoms with Gasteiger partial charge in [-0.2, -0.15) is 0 Å². The summed E-state index contributed by atoms with van der Waals surface area (Å²) in [5.74, 6) is -1.23. The van der Waals surface area contributed by atoms with Crippen LogP contribution in [0.25, 0.3) is 11.0 Å². The van der Waals surface area contributed by atoms with Crippen LogP contribution in [0, 0.1) is 5.92 Å². The fourth-order valence-corrected chi connectivity index (χ4v) is 5.16. The summed E-state index contributed by atoms with van der Waals surface area (Å²) in [4.78, 5) is 34.9. The number of imidazole rings is 1. The number of ether oxygens (including phenoxy) is 1. The number of para-hydroxylation sites is 2. The third-order valence-corrected chi connectivity index (χ3v) is 7.15. The quantitative estimate of drug-likeness (QED) is 0.207. The second kappa shape index (κ2) is 9.96. The lowest BCUT2D eigenvalue weighted by molar-refractivity contribution is -0.153. The third kappa shape index (κ3) is 4.32. The van der Waals surface area contributed by atoms with Gasteiger partial charge in [-0.1, -0.05) is 54.6 Å². The molecule has 0 bridgehead atoms. The van der Waals surface area contributed by atoms with Crippen LogP contribution < -0.4 is 4.90 Å². The van der Waals surface area contributed by atoms with E-state index < -0.39 is 17.9 Å². The molecule has 0 saturated heterocycles. The molecule has 35 heavy (non-hydrogen) atoms. The summed E-state index contributed by atoms with van der Waals surface area (Å²) in [6.45, 7) is 2.39. The number of carbonyl (C=O) groups excluding carboxylic acids is 2. The van der Waals surface area contributed by atoms with Gasteiger partial charge in [-0.25, -0.2) is 4.98 Å². The van der Waals surface area contributed by atoms with Crippen molar-refractivity contribution in [2.75, 3.05) is 24.3 Å². The molecule has 1 aliphatic rings. The zero-order chi connectivity index (χ0) is 24.4. The van der Waals surface area contributed by atoms with Gasteiger partial charge in [0.15, 0.2) is 5.92 Å². The standard InChI is InChI=1S/C28H27N3O3S/c1-3-34-27(33)24-25(20-13-15-21(35-2)16-14-20)31-23-12-8-7-11-22(23)29-28(31)30(26(24)32)18-17-19-9-5-4-6-10-19/h4-16,24-25H,3,17-18H2,1-2H3/t24-,25-/m0/s1. The van der Waals surface area contributed by atoms with E-state index in [1.54, 1.807) is 23.6 Å². The summed E-state index contributed by atoms with van der Waals surface area (Å²) in [6, 6.07) is 25.3. The van der Waals surface area contributed by atoms with Crippen LogP contribution in [0.3, 0.4) is 0 Å². The summed E-state index contributed by atoms with van der Waals surface area (Å²) in [5.41, 5.74) is 3.66. The summed E-state index contributed by atoms with van der Waals surface area (Å²) < 4.78 is 7.48. The lowest BCUT2D eigenvalue weighted by Crippen LogP contribution is -2.50. The number of benzene rings is 3. The van der Waals surface area contributed by atoms with Gasteiger partial charge in [0.25, 0.3) is 0 Å². The van der Waals surface area contributed by atoms with E-state index in [9.17, 15) is 9.59 Å². The molecule has 4 aromatic rings. The minimum Gasteiger partial charge on any atom is -0.465 e. The van der Waals surface area contributed by atoms with Gasteiger partial charge in [0.05, 0.1) is 23.7 Å². The number of amides is 1. The number of hydrogen-bond donors (Lipinski definition) is 0. The Labute approximate surface area is 208 Å². The van der Waals surface area contributed by atoms with E-state index >= 15 is 0 Å². The second-order valence-corrected chi connectivity index (χ2v) is 9.32. The molecule has 1 aliphatic heterocycles. The third-order valence-electron chi connectivity index (χ3n) is 6.41. The molecule has 1 aromatic heterocycles. The molecule has 0 saturated carbocycles. The van der Waals surface area contributed by atoms with Crippen LogP contribution in [0.5, 0.6) is 0 Å². The largest absolute Gasteiger partial charge is 0.465 e. The van der Waals surface area contributed by atoms with Crippen LogP contribution in [0.1, 0.15) is 24.1 Å². The molecule has 5 rings (SSSR count). The van der Waals surface area contributed by atoms with Crippen molar-refractivity contribution in [3.8, 4) is 0 Å². The normalized spacial score (nSPS) is 17.4. The zero-order valence-electron chi connectivity index (χ0n) is 19.8. The van der Waals surface area contributed by atoms with Crippen LogP contribution in [-0.4, -0.2) is 40.8 Å². The molecule has 3 aromatic carbocycles. The van der Waals surface area contributed by atoms with Gasteiger partial charge in [-0.05, 0) is 55.0 Å². The van der Waals surface area contributed by atoms with Crippen molar-refractivity contribution >= 4 is 40.6 Å². The SMILES string of the molecule is CCOC(=O)[C@@H]1C(=O)N(CCc2ccccc2)c2nc3ccccc3n2[C@H]1c1ccc(SC)cc1. The first-order valence-corrected chi connectivity index (χ1v) is 13.0. The van der Waals surface area contributed by atoms with Crippen molar-refractivity contribution in [1.29, 1.82) is 0 Å². The van der Waals surface area contributed by atoms with Crippen molar-refractivity contribution in [2.24, 2.45) is 5.92 Å². The lowest BCUT2D eigenvalue weighted by atomic mass is 9.89. The summed E-state index contributed by atoms with van der Waals surface area (Å²) in [7, 11) is 0. The van der Waals surface area contributed by atoms with E-state index in [1.807, 2.05) is 89.7 Å². The van der Waals surface area contributed by atoms with Gasteiger partial charge in [0.2, 0.25) is 11.9 Å². The van der Waals surface area contributed by atoms with E-state index in [-0.39, 0.29) is 12.5 Å². The highest BCUT2D eigenvalue weighted by molar-refractivity contribution is 7.98. The predicted molar refractivity (Wildman–Crippen MR) is 139 cm³/mol. The summed E-state index contributed by atoms with van der Waals surface area (Å²) >= 11 is 1.65. The Bertz CT molecular complexity index is 1350. The van der Waals surface area contributed by atoms with Crippen LogP contribution in [0.15, 0.2) is 83.8 Å². The van der Waals surface area contributed by atoms with Gasteiger partial charge < -0.3 is 9.30 Å². The van der Waals surface area contributed by atoms with Crippen molar-refractivity contribution in [2.45, 2.75) is 24.3 Å². The van der Waals surface area contributed by atoms with E-state index in [1.165, 1.54) is 0 Å². The molecule has 6 nitrogen and oxygen atoms in total. The molecule has 0 spiro atoms. The molecule has 0 aliphatic carbocycles. The molecule has 178 valence electrons. The van der Waals surface area contributed by atoms with Crippen LogP contribution >= 0.6 is 11.8 Å². The Morgan fingerprint density at radius 3 is 2.43 bits per heavy atom. The van der Waals surface area contributed by atoms with Crippen molar-refractivity contribution in [3.05, 3.63) is 90.0 Å². The van der Waals surface area contributed by atoms with Gasteiger partial charge in [-0.3, -0.25) is 14.5 Å². The van der Waals surface area contributed by atoms with E-state index in [2.05, 4.69) is 0 Å². The van der Waals surface area contributed by atoms with Gasteiger partial charge in [0, 0.05) is 11.4 Å². The number of esters is 1. The number of aromatic nitrogens is 2. The average Bonchev–Trinajstić information content (AvgIpc) is 3.27.